The number of anilines is 1. The molecule has 0 spiro atoms. The third-order valence-corrected chi connectivity index (χ3v) is 5.75. The number of benzene rings is 1. The lowest BCUT2D eigenvalue weighted by Gasteiger charge is -2.36. The Labute approximate surface area is 163 Å². The molecule has 3 rings (SSSR count). The molecule has 1 aromatic heterocycles. The van der Waals surface area contributed by atoms with E-state index in [1.54, 1.807) is 18.4 Å². The van der Waals surface area contributed by atoms with Crippen LogP contribution in [0.25, 0.3) is 0 Å². The second kappa shape index (κ2) is 8.75. The zero-order valence-corrected chi connectivity index (χ0v) is 16.7. The molecule has 1 aliphatic rings. The predicted molar refractivity (Wildman–Crippen MR) is 107 cm³/mol. The molecule has 1 saturated heterocycles. The van der Waals surface area contributed by atoms with Crippen LogP contribution >= 0.6 is 22.9 Å². The number of nitrogens with zero attached hydrogens (tertiary/aromatic N) is 3. The Hall–Kier alpha value is -1.76. The molecule has 0 atom stereocenters. The maximum atomic E-state index is 12.6. The highest BCUT2D eigenvalue weighted by molar-refractivity contribution is 7.16. The topological polar surface area (TPSA) is 36.0 Å². The van der Waals surface area contributed by atoms with E-state index in [0.29, 0.717) is 6.54 Å². The van der Waals surface area contributed by atoms with Gasteiger partial charge in [-0.05, 0) is 43.4 Å². The van der Waals surface area contributed by atoms with Gasteiger partial charge in [0, 0.05) is 43.3 Å². The predicted octanol–water partition coefficient (Wildman–Crippen LogP) is 3.19. The molecule has 0 N–H and O–H groups in total. The summed E-state index contributed by atoms with van der Waals surface area (Å²) in [5.41, 5.74) is 1.17. The van der Waals surface area contributed by atoms with E-state index in [4.69, 9.17) is 16.3 Å². The van der Waals surface area contributed by atoms with Gasteiger partial charge in [-0.1, -0.05) is 11.6 Å². The summed E-state index contributed by atoms with van der Waals surface area (Å²) in [6.45, 7) is 4.38. The minimum atomic E-state index is 0.185. The van der Waals surface area contributed by atoms with Crippen LogP contribution in [0.4, 0.5) is 5.69 Å². The van der Waals surface area contributed by atoms with Crippen LogP contribution in [0.5, 0.6) is 5.75 Å². The summed E-state index contributed by atoms with van der Waals surface area (Å²) in [7, 11) is 3.64. The van der Waals surface area contributed by atoms with Crippen molar-refractivity contribution in [1.82, 2.24) is 9.80 Å². The Bertz CT molecular complexity index is 727. The lowest BCUT2D eigenvalue weighted by Crippen LogP contribution is -2.51. The number of piperazine rings is 1. The van der Waals surface area contributed by atoms with Gasteiger partial charge in [-0.2, -0.15) is 0 Å². The van der Waals surface area contributed by atoms with Crippen molar-refractivity contribution < 1.29 is 9.53 Å². The Kier molecular flexibility index (Phi) is 6.40. The van der Waals surface area contributed by atoms with E-state index < -0.39 is 0 Å². The van der Waals surface area contributed by atoms with Gasteiger partial charge in [0.2, 0.25) is 5.91 Å². The van der Waals surface area contributed by atoms with Crippen LogP contribution in [0, 0.1) is 0 Å². The zero-order chi connectivity index (χ0) is 18.5. The quantitative estimate of drug-likeness (QED) is 0.755. The maximum absolute atomic E-state index is 12.6. The first-order valence-electron chi connectivity index (χ1n) is 8.64. The molecule has 1 fully saturated rings. The summed E-state index contributed by atoms with van der Waals surface area (Å²) in [6.07, 6.45) is 0. The fourth-order valence-corrected chi connectivity index (χ4v) is 4.26. The number of hydrogen-bond acceptors (Lipinski definition) is 5. The summed E-state index contributed by atoms with van der Waals surface area (Å²) in [6, 6.07) is 12.0. The molecule has 26 heavy (non-hydrogen) atoms. The van der Waals surface area contributed by atoms with E-state index in [0.717, 1.165) is 42.8 Å². The van der Waals surface area contributed by atoms with Crippen LogP contribution in [-0.2, 0) is 11.3 Å². The smallest absolute Gasteiger partial charge is 0.236 e. The number of hydrogen-bond donors (Lipinski definition) is 0. The molecule has 2 heterocycles. The standard InChI is InChI=1S/C19H24ClN3O2S/c1-21(13-17-7-8-18(20)26-17)14-19(24)23-11-9-22(10-12-23)15-3-5-16(25-2)6-4-15/h3-8H,9-14H2,1-2H3. The number of likely N-dealkylation sites (N-methyl/N-ethyl adjacent to an activating group) is 1. The second-order valence-corrected chi connectivity index (χ2v) is 8.24. The fraction of sp³-hybridized carbons (Fsp3) is 0.421. The minimum absolute atomic E-state index is 0.185. The first-order valence-corrected chi connectivity index (χ1v) is 9.84. The summed E-state index contributed by atoms with van der Waals surface area (Å²) in [5.74, 6) is 1.04. The first-order chi connectivity index (χ1) is 12.5. The monoisotopic (exact) mass is 393 g/mol. The van der Waals surface area contributed by atoms with Gasteiger partial charge >= 0.3 is 0 Å². The van der Waals surface area contributed by atoms with Crippen LogP contribution in [0.15, 0.2) is 36.4 Å². The van der Waals surface area contributed by atoms with Gasteiger partial charge in [-0.15, -0.1) is 11.3 Å². The van der Waals surface area contributed by atoms with Crippen molar-refractivity contribution in [2.45, 2.75) is 6.54 Å². The highest BCUT2D eigenvalue weighted by atomic mass is 35.5. The van der Waals surface area contributed by atoms with Gasteiger partial charge in [0.05, 0.1) is 18.0 Å². The molecule has 0 bridgehead atoms. The average Bonchev–Trinajstić information content (AvgIpc) is 3.06. The normalized spacial score (nSPS) is 14.8. The molecular formula is C19H24ClN3O2S. The van der Waals surface area contributed by atoms with Gasteiger partial charge in [-0.25, -0.2) is 0 Å². The first kappa shape index (κ1) is 19.0. The van der Waals surface area contributed by atoms with Gasteiger partial charge < -0.3 is 14.5 Å². The van der Waals surface area contributed by atoms with Crippen LogP contribution in [0.3, 0.4) is 0 Å². The van der Waals surface area contributed by atoms with Crippen molar-refractivity contribution in [3.8, 4) is 5.75 Å². The number of carbonyl (C=O) groups is 1. The molecule has 7 heteroatoms. The van der Waals surface area contributed by atoms with Crippen molar-refractivity contribution in [3.63, 3.8) is 0 Å². The Morgan fingerprint density at radius 3 is 2.42 bits per heavy atom. The average molecular weight is 394 g/mol. The molecule has 1 amide bonds. The van der Waals surface area contributed by atoms with Crippen LogP contribution in [-0.4, -0.2) is 62.6 Å². The summed E-state index contributed by atoms with van der Waals surface area (Å²) in [5, 5.41) is 0. The Morgan fingerprint density at radius 2 is 1.85 bits per heavy atom. The maximum Gasteiger partial charge on any atom is 0.236 e. The molecule has 0 unspecified atom stereocenters. The van der Waals surface area contributed by atoms with E-state index in [2.05, 4.69) is 17.0 Å². The van der Waals surface area contributed by atoms with E-state index in [1.807, 2.05) is 41.1 Å². The van der Waals surface area contributed by atoms with Crippen molar-refractivity contribution in [2.75, 3.05) is 51.8 Å². The SMILES string of the molecule is COc1ccc(N2CCN(C(=O)CN(C)Cc3ccc(Cl)s3)CC2)cc1. The molecule has 140 valence electrons. The molecule has 0 saturated carbocycles. The number of rotatable bonds is 6. The van der Waals surface area contributed by atoms with Gasteiger partial charge in [0.25, 0.3) is 0 Å². The number of ether oxygens (including phenoxy) is 1. The highest BCUT2D eigenvalue weighted by Crippen LogP contribution is 2.23. The summed E-state index contributed by atoms with van der Waals surface area (Å²) >= 11 is 7.53. The van der Waals surface area contributed by atoms with Crippen molar-refractivity contribution in [3.05, 3.63) is 45.6 Å². The third kappa shape index (κ3) is 4.90. The van der Waals surface area contributed by atoms with Crippen molar-refractivity contribution in [2.24, 2.45) is 0 Å². The number of halogens is 1. The number of amides is 1. The second-order valence-electron chi connectivity index (χ2n) is 6.44. The molecule has 5 nitrogen and oxygen atoms in total. The Balaban J connectivity index is 1.46. The fourth-order valence-electron chi connectivity index (χ4n) is 3.10. The zero-order valence-electron chi connectivity index (χ0n) is 15.2. The molecular weight excluding hydrogens is 370 g/mol. The van der Waals surface area contributed by atoms with Crippen molar-refractivity contribution >= 4 is 34.5 Å². The molecule has 1 aromatic carbocycles. The van der Waals surface area contributed by atoms with Gasteiger partial charge in [-0.3, -0.25) is 9.69 Å². The Morgan fingerprint density at radius 1 is 1.15 bits per heavy atom. The lowest BCUT2D eigenvalue weighted by molar-refractivity contribution is -0.132. The molecule has 1 aliphatic heterocycles. The highest BCUT2D eigenvalue weighted by Gasteiger charge is 2.22. The number of thiophene rings is 1. The van der Waals surface area contributed by atoms with Gasteiger partial charge in [0.1, 0.15) is 5.75 Å². The third-order valence-electron chi connectivity index (χ3n) is 4.53. The number of carbonyl (C=O) groups excluding carboxylic acids is 1. The molecule has 0 aliphatic carbocycles. The van der Waals surface area contributed by atoms with Gasteiger partial charge in [0.15, 0.2) is 0 Å². The van der Waals surface area contributed by atoms with E-state index >= 15 is 0 Å². The summed E-state index contributed by atoms with van der Waals surface area (Å²) < 4.78 is 5.99. The van der Waals surface area contributed by atoms with Crippen LogP contribution < -0.4 is 9.64 Å². The van der Waals surface area contributed by atoms with E-state index in [1.165, 1.54) is 10.6 Å². The van der Waals surface area contributed by atoms with Crippen LogP contribution in [0.1, 0.15) is 4.88 Å². The van der Waals surface area contributed by atoms with E-state index in [9.17, 15) is 4.79 Å². The van der Waals surface area contributed by atoms with Crippen LogP contribution in [0.2, 0.25) is 4.34 Å². The lowest BCUT2D eigenvalue weighted by atomic mass is 10.2. The molecule has 2 aromatic rings. The van der Waals surface area contributed by atoms with Crippen molar-refractivity contribution in [1.29, 1.82) is 0 Å². The largest absolute Gasteiger partial charge is 0.497 e. The molecule has 0 radical (unpaired) electrons. The van der Waals surface area contributed by atoms with E-state index in [-0.39, 0.29) is 5.91 Å². The number of methoxy groups -OCH3 is 1. The minimum Gasteiger partial charge on any atom is -0.497 e. The summed E-state index contributed by atoms with van der Waals surface area (Å²) in [4.78, 5) is 20.0.